The van der Waals surface area contributed by atoms with Gasteiger partial charge in [-0.2, -0.15) is 0 Å². The number of aromatic nitrogens is 1. The van der Waals surface area contributed by atoms with Crippen LogP contribution in [0.3, 0.4) is 0 Å². The first-order valence-electron chi connectivity index (χ1n) is 7.91. The Morgan fingerprint density at radius 2 is 1.72 bits per heavy atom. The smallest absolute Gasteiger partial charge is 0.338 e. The summed E-state index contributed by atoms with van der Waals surface area (Å²) in [5.41, 5.74) is 1.07. The van der Waals surface area contributed by atoms with Crippen LogP contribution in [-0.2, 0) is 4.74 Å². The highest BCUT2D eigenvalue weighted by atomic mass is 16.6. The van der Waals surface area contributed by atoms with Gasteiger partial charge in [0, 0.05) is 11.6 Å². The fourth-order valence-corrected chi connectivity index (χ4v) is 2.11. The molecule has 6 heteroatoms. The molecule has 0 fully saturated rings. The maximum Gasteiger partial charge on any atom is 0.338 e. The number of rotatable bonds is 5. The SMILES string of the molecule is CCOc1cc(C(=O)O)cc(-c2ccc(C(=O)OC(C)(C)C)cc2)n1. The molecule has 0 amide bonds. The van der Waals surface area contributed by atoms with Crippen molar-refractivity contribution in [2.24, 2.45) is 0 Å². The lowest BCUT2D eigenvalue weighted by Gasteiger charge is -2.19. The number of hydrogen-bond donors (Lipinski definition) is 1. The maximum absolute atomic E-state index is 12.1. The molecule has 0 saturated heterocycles. The number of carboxylic acids is 1. The van der Waals surface area contributed by atoms with Crippen LogP contribution >= 0.6 is 0 Å². The van der Waals surface area contributed by atoms with E-state index >= 15 is 0 Å². The van der Waals surface area contributed by atoms with Gasteiger partial charge in [-0.25, -0.2) is 14.6 Å². The van der Waals surface area contributed by atoms with Gasteiger partial charge in [0.2, 0.25) is 5.88 Å². The lowest BCUT2D eigenvalue weighted by atomic mass is 10.1. The largest absolute Gasteiger partial charge is 0.478 e. The van der Waals surface area contributed by atoms with E-state index in [1.54, 1.807) is 52.0 Å². The summed E-state index contributed by atoms with van der Waals surface area (Å²) in [4.78, 5) is 27.6. The van der Waals surface area contributed by atoms with Gasteiger partial charge in [-0.05, 0) is 45.9 Å². The van der Waals surface area contributed by atoms with Crippen LogP contribution < -0.4 is 4.74 Å². The molecule has 0 aliphatic carbocycles. The normalized spacial score (nSPS) is 11.0. The minimum atomic E-state index is -1.06. The number of aromatic carboxylic acids is 1. The fourth-order valence-electron chi connectivity index (χ4n) is 2.11. The van der Waals surface area contributed by atoms with Crippen molar-refractivity contribution in [2.75, 3.05) is 6.61 Å². The number of ether oxygens (including phenoxy) is 2. The number of nitrogens with zero attached hydrogens (tertiary/aromatic N) is 1. The van der Waals surface area contributed by atoms with Crippen molar-refractivity contribution < 1.29 is 24.2 Å². The van der Waals surface area contributed by atoms with E-state index in [-0.39, 0.29) is 11.4 Å². The molecule has 2 aromatic rings. The summed E-state index contributed by atoms with van der Waals surface area (Å²) < 4.78 is 10.6. The highest BCUT2D eigenvalue weighted by Crippen LogP contribution is 2.23. The summed E-state index contributed by atoms with van der Waals surface area (Å²) >= 11 is 0. The molecule has 0 bridgehead atoms. The van der Waals surface area contributed by atoms with Gasteiger partial charge in [-0.15, -0.1) is 0 Å². The van der Waals surface area contributed by atoms with Crippen LogP contribution in [0.5, 0.6) is 5.88 Å². The zero-order valence-electron chi connectivity index (χ0n) is 14.7. The fraction of sp³-hybridized carbons (Fsp3) is 0.316. The summed E-state index contributed by atoms with van der Waals surface area (Å²) in [6, 6.07) is 9.49. The number of carboxylic acid groups (broad SMARTS) is 1. The number of esters is 1. The third kappa shape index (κ3) is 5.04. The maximum atomic E-state index is 12.1. The Kier molecular flexibility index (Phi) is 5.41. The summed E-state index contributed by atoms with van der Waals surface area (Å²) in [6.07, 6.45) is 0. The molecule has 0 unspecified atom stereocenters. The van der Waals surface area contributed by atoms with E-state index < -0.39 is 17.5 Å². The van der Waals surface area contributed by atoms with Crippen LogP contribution in [0.4, 0.5) is 0 Å². The average molecular weight is 343 g/mol. The van der Waals surface area contributed by atoms with Crippen molar-refractivity contribution in [1.82, 2.24) is 4.98 Å². The van der Waals surface area contributed by atoms with Crippen LogP contribution in [0.2, 0.25) is 0 Å². The highest BCUT2D eigenvalue weighted by Gasteiger charge is 2.18. The Hall–Kier alpha value is -2.89. The summed E-state index contributed by atoms with van der Waals surface area (Å²) in [7, 11) is 0. The van der Waals surface area contributed by atoms with E-state index in [9.17, 15) is 14.7 Å². The average Bonchev–Trinajstić information content (AvgIpc) is 2.53. The first-order valence-corrected chi connectivity index (χ1v) is 7.91. The zero-order valence-corrected chi connectivity index (χ0v) is 14.7. The van der Waals surface area contributed by atoms with Crippen LogP contribution in [0.25, 0.3) is 11.3 Å². The lowest BCUT2D eigenvalue weighted by Crippen LogP contribution is -2.23. The molecule has 25 heavy (non-hydrogen) atoms. The molecule has 0 spiro atoms. The van der Waals surface area contributed by atoms with Crippen molar-refractivity contribution >= 4 is 11.9 Å². The summed E-state index contributed by atoms with van der Waals surface area (Å²) in [5.74, 6) is -1.23. The second-order valence-electron chi connectivity index (χ2n) is 6.40. The van der Waals surface area contributed by atoms with E-state index in [2.05, 4.69) is 4.98 Å². The molecule has 0 radical (unpaired) electrons. The van der Waals surface area contributed by atoms with Gasteiger partial charge < -0.3 is 14.6 Å². The van der Waals surface area contributed by atoms with Gasteiger partial charge in [-0.3, -0.25) is 0 Å². The third-order valence-corrected chi connectivity index (χ3v) is 3.16. The van der Waals surface area contributed by atoms with Crippen molar-refractivity contribution in [2.45, 2.75) is 33.3 Å². The monoisotopic (exact) mass is 343 g/mol. The number of carbonyl (C=O) groups is 2. The van der Waals surface area contributed by atoms with Crippen LogP contribution in [0.1, 0.15) is 48.4 Å². The first kappa shape index (κ1) is 18.4. The van der Waals surface area contributed by atoms with Crippen LogP contribution in [-0.4, -0.2) is 34.2 Å². The molecule has 0 aliphatic heterocycles. The topological polar surface area (TPSA) is 85.7 Å². The lowest BCUT2D eigenvalue weighted by molar-refractivity contribution is 0.00693. The Morgan fingerprint density at radius 1 is 1.08 bits per heavy atom. The standard InChI is InChI=1S/C19H21NO5/c1-5-24-16-11-14(17(21)22)10-15(20-16)12-6-8-13(9-7-12)18(23)25-19(2,3)4/h6-11H,5H2,1-4H3,(H,21,22). The molecule has 1 aromatic heterocycles. The third-order valence-electron chi connectivity index (χ3n) is 3.16. The highest BCUT2D eigenvalue weighted by molar-refractivity contribution is 5.91. The molecule has 0 saturated carbocycles. The number of hydrogen-bond acceptors (Lipinski definition) is 5. The minimum Gasteiger partial charge on any atom is -0.478 e. The van der Waals surface area contributed by atoms with E-state index in [4.69, 9.17) is 9.47 Å². The van der Waals surface area contributed by atoms with Gasteiger partial charge >= 0.3 is 11.9 Å². The summed E-state index contributed by atoms with van der Waals surface area (Å²) in [5, 5.41) is 9.23. The molecule has 2 rings (SSSR count). The second-order valence-corrected chi connectivity index (χ2v) is 6.40. The Balaban J connectivity index is 2.33. The molecule has 1 N–H and O–H groups in total. The molecular formula is C19H21NO5. The molecule has 132 valence electrons. The molecular weight excluding hydrogens is 322 g/mol. The van der Waals surface area contributed by atoms with Crippen molar-refractivity contribution in [1.29, 1.82) is 0 Å². The van der Waals surface area contributed by atoms with Gasteiger partial charge in [0.15, 0.2) is 0 Å². The van der Waals surface area contributed by atoms with Gasteiger partial charge in [0.25, 0.3) is 0 Å². The first-order chi connectivity index (χ1) is 11.7. The van der Waals surface area contributed by atoms with E-state index in [1.807, 2.05) is 0 Å². The predicted octanol–water partition coefficient (Wildman–Crippen LogP) is 3.80. The Bertz CT molecular complexity index is 775. The van der Waals surface area contributed by atoms with E-state index in [1.165, 1.54) is 12.1 Å². The van der Waals surface area contributed by atoms with E-state index in [0.29, 0.717) is 23.4 Å². The number of carbonyl (C=O) groups excluding carboxylic acids is 1. The van der Waals surface area contributed by atoms with Crippen molar-refractivity contribution in [3.8, 4) is 17.1 Å². The van der Waals surface area contributed by atoms with Crippen LogP contribution in [0.15, 0.2) is 36.4 Å². The quantitative estimate of drug-likeness (QED) is 0.831. The Labute approximate surface area is 146 Å². The molecule has 1 aromatic carbocycles. The second kappa shape index (κ2) is 7.34. The van der Waals surface area contributed by atoms with Gasteiger partial charge in [0.05, 0.1) is 23.4 Å². The number of benzene rings is 1. The molecule has 0 atom stereocenters. The van der Waals surface area contributed by atoms with Crippen LogP contribution in [0, 0.1) is 0 Å². The van der Waals surface area contributed by atoms with Gasteiger partial charge in [-0.1, -0.05) is 12.1 Å². The van der Waals surface area contributed by atoms with Crippen molar-refractivity contribution in [3.05, 3.63) is 47.5 Å². The summed E-state index contributed by atoms with van der Waals surface area (Å²) in [6.45, 7) is 7.58. The Morgan fingerprint density at radius 3 is 2.24 bits per heavy atom. The molecule has 6 nitrogen and oxygen atoms in total. The molecule has 1 heterocycles. The zero-order chi connectivity index (χ0) is 18.6. The van der Waals surface area contributed by atoms with Gasteiger partial charge in [0.1, 0.15) is 5.60 Å². The molecule has 0 aliphatic rings. The minimum absolute atomic E-state index is 0.0877. The predicted molar refractivity (Wildman–Crippen MR) is 93.0 cm³/mol. The van der Waals surface area contributed by atoms with Crippen molar-refractivity contribution in [3.63, 3.8) is 0 Å². The number of pyridine rings is 1. The van der Waals surface area contributed by atoms with E-state index in [0.717, 1.165) is 0 Å².